The fourth-order valence-electron chi connectivity index (χ4n) is 5.44. The molecule has 0 bridgehead atoms. The lowest BCUT2D eigenvalue weighted by Crippen LogP contribution is -2.62. The van der Waals surface area contributed by atoms with E-state index in [1.807, 2.05) is 6.07 Å². The van der Waals surface area contributed by atoms with E-state index in [1.165, 1.54) is 12.8 Å². The van der Waals surface area contributed by atoms with Gasteiger partial charge in [-0.3, -0.25) is 9.69 Å². The second kappa shape index (κ2) is 9.05. The number of nitriles is 1. The van der Waals surface area contributed by atoms with Crippen LogP contribution >= 0.6 is 0 Å². The number of hydrogen-bond donors (Lipinski definition) is 2. The van der Waals surface area contributed by atoms with Crippen LogP contribution < -0.4 is 10.6 Å². The van der Waals surface area contributed by atoms with Crippen LogP contribution in [0.25, 0.3) is 0 Å². The van der Waals surface area contributed by atoms with Gasteiger partial charge in [0.15, 0.2) is 0 Å². The molecular formula is C26H33F2N5O2. The van der Waals surface area contributed by atoms with Crippen molar-refractivity contribution in [1.29, 1.82) is 5.26 Å². The topological polar surface area (TPSA) is 88.5 Å². The number of halogens is 2. The Kier molecular flexibility index (Phi) is 6.20. The average Bonchev–Trinajstić information content (AvgIpc) is 3.73. The summed E-state index contributed by atoms with van der Waals surface area (Å²) < 4.78 is 30.0. The van der Waals surface area contributed by atoms with E-state index in [9.17, 15) is 23.6 Å². The van der Waals surface area contributed by atoms with Gasteiger partial charge in [-0.1, -0.05) is 30.3 Å². The third kappa shape index (κ3) is 5.58. The molecule has 4 fully saturated rings. The van der Waals surface area contributed by atoms with Crippen molar-refractivity contribution in [2.45, 2.75) is 74.9 Å². The average molecular weight is 486 g/mol. The summed E-state index contributed by atoms with van der Waals surface area (Å²) in [6.45, 7) is 3.28. The second-order valence-electron chi connectivity index (χ2n) is 11.0. The summed E-state index contributed by atoms with van der Waals surface area (Å²) in [5.41, 5.74) is -0.269. The van der Waals surface area contributed by atoms with E-state index in [0.717, 1.165) is 32.0 Å². The van der Waals surface area contributed by atoms with E-state index in [2.05, 4.69) is 15.5 Å². The van der Waals surface area contributed by atoms with Gasteiger partial charge in [0.05, 0.1) is 6.07 Å². The van der Waals surface area contributed by atoms with Crippen LogP contribution in [0.2, 0.25) is 0 Å². The van der Waals surface area contributed by atoms with Crippen LogP contribution in [0.4, 0.5) is 13.6 Å². The monoisotopic (exact) mass is 485 g/mol. The predicted molar refractivity (Wildman–Crippen MR) is 126 cm³/mol. The molecule has 35 heavy (non-hydrogen) atoms. The minimum atomic E-state index is -3.20. The summed E-state index contributed by atoms with van der Waals surface area (Å²) in [5.74, 6) is -3.93. The number of urea groups is 1. The third-order valence-corrected chi connectivity index (χ3v) is 8.00. The number of nitrogens with one attached hydrogen (secondary N) is 2. The summed E-state index contributed by atoms with van der Waals surface area (Å²) in [7, 11) is 0. The van der Waals surface area contributed by atoms with Crippen molar-refractivity contribution in [2.75, 3.05) is 26.2 Å². The van der Waals surface area contributed by atoms with Crippen molar-refractivity contribution in [3.05, 3.63) is 35.9 Å². The maximum Gasteiger partial charge on any atom is 0.318 e. The van der Waals surface area contributed by atoms with Gasteiger partial charge >= 0.3 is 6.03 Å². The van der Waals surface area contributed by atoms with Crippen LogP contribution in [0, 0.1) is 16.7 Å². The Balaban J connectivity index is 1.20. The highest BCUT2D eigenvalue weighted by atomic mass is 19.3. The molecule has 2 saturated carbocycles. The zero-order chi connectivity index (χ0) is 24.7. The van der Waals surface area contributed by atoms with Crippen LogP contribution in [0.5, 0.6) is 0 Å². The number of nitrogens with zero attached hydrogens (tertiary/aromatic N) is 3. The molecule has 0 unspecified atom stereocenters. The van der Waals surface area contributed by atoms with Crippen LogP contribution in [-0.2, 0) is 11.2 Å². The molecule has 2 N–H and O–H groups in total. The molecular weight excluding hydrogens is 452 g/mol. The Labute approximate surface area is 204 Å². The smallest absolute Gasteiger partial charge is 0.318 e. The van der Waals surface area contributed by atoms with Crippen LogP contribution in [-0.4, -0.2) is 71.5 Å². The third-order valence-electron chi connectivity index (χ3n) is 8.00. The highest BCUT2D eigenvalue weighted by Gasteiger charge is 2.50. The van der Waals surface area contributed by atoms with E-state index in [4.69, 9.17) is 0 Å². The van der Waals surface area contributed by atoms with E-state index in [1.54, 1.807) is 35.2 Å². The molecule has 2 heterocycles. The highest BCUT2D eigenvalue weighted by molar-refractivity contribution is 5.88. The molecule has 0 radical (unpaired) electrons. The van der Waals surface area contributed by atoms with Crippen LogP contribution in [0.1, 0.15) is 50.5 Å². The number of alkyl halides is 2. The minimum Gasteiger partial charge on any atom is -0.336 e. The van der Waals surface area contributed by atoms with Crippen molar-refractivity contribution in [3.8, 4) is 6.07 Å². The molecule has 5 rings (SSSR count). The van der Waals surface area contributed by atoms with Gasteiger partial charge in [-0.15, -0.1) is 0 Å². The number of hydrogen-bond acceptors (Lipinski definition) is 4. The van der Waals surface area contributed by atoms with E-state index >= 15 is 0 Å². The van der Waals surface area contributed by atoms with Gasteiger partial charge in [-0.05, 0) is 49.5 Å². The number of rotatable bonds is 8. The van der Waals surface area contributed by atoms with Gasteiger partial charge in [0, 0.05) is 45.1 Å². The summed E-state index contributed by atoms with van der Waals surface area (Å²) in [6, 6.07) is 9.26. The Morgan fingerprint density at radius 2 is 1.77 bits per heavy atom. The fraction of sp³-hybridized carbons (Fsp3) is 0.654. The molecule has 9 heteroatoms. The minimum absolute atomic E-state index is 0.268. The number of piperidine rings is 1. The molecule has 7 nitrogen and oxygen atoms in total. The lowest BCUT2D eigenvalue weighted by atomic mass is 9.72. The molecule has 2 aliphatic carbocycles. The number of amides is 3. The van der Waals surface area contributed by atoms with Gasteiger partial charge in [0.2, 0.25) is 5.91 Å². The van der Waals surface area contributed by atoms with Crippen LogP contribution in [0.15, 0.2) is 30.3 Å². The number of carbonyl (C=O) groups excluding carboxylic acids is 2. The Morgan fingerprint density at radius 3 is 2.34 bits per heavy atom. The lowest BCUT2D eigenvalue weighted by Gasteiger charge is -2.54. The van der Waals surface area contributed by atoms with E-state index in [-0.39, 0.29) is 5.41 Å². The second-order valence-corrected chi connectivity index (χ2v) is 11.0. The largest absolute Gasteiger partial charge is 0.336 e. The first-order valence-corrected chi connectivity index (χ1v) is 12.7. The quantitative estimate of drug-likeness (QED) is 0.593. The fourth-order valence-corrected chi connectivity index (χ4v) is 5.44. The van der Waals surface area contributed by atoms with Crippen LogP contribution in [0.3, 0.4) is 0 Å². The van der Waals surface area contributed by atoms with Gasteiger partial charge in [-0.2, -0.15) is 5.26 Å². The van der Waals surface area contributed by atoms with Gasteiger partial charge in [-0.25, -0.2) is 13.6 Å². The SMILES string of the molecule is N#CC1(NC(=O)[C@H](CC(F)(F)Cc2ccccc2)NC(=O)N2CCC3(CC2)CN(C2CC2)C3)CC1. The standard InChI is InChI=1S/C26H33F2N5O2/c27-26(28,14-19-4-2-1-3-5-19)15-21(22(34)31-25(16-29)8-9-25)30-23(35)32-12-10-24(11-13-32)17-33(18-24)20-6-7-20/h1-5,20-21H,6-15,17-18H2,(H,30,35)(H,31,34)/t21-/m0/s1. The van der Waals surface area contributed by atoms with Crippen molar-refractivity contribution >= 4 is 11.9 Å². The molecule has 2 saturated heterocycles. The maximum absolute atomic E-state index is 15.0. The highest BCUT2D eigenvalue weighted by Crippen LogP contribution is 2.45. The maximum atomic E-state index is 15.0. The van der Waals surface area contributed by atoms with Crippen molar-refractivity contribution < 1.29 is 18.4 Å². The summed E-state index contributed by atoms with van der Waals surface area (Å²) in [5, 5.41) is 14.5. The predicted octanol–water partition coefficient (Wildman–Crippen LogP) is 3.07. The molecule has 1 spiro atoms. The van der Waals surface area contributed by atoms with Crippen molar-refractivity contribution in [3.63, 3.8) is 0 Å². The molecule has 188 valence electrons. The van der Waals surface area contributed by atoms with Gasteiger partial charge in [0.1, 0.15) is 11.6 Å². The molecule has 1 aromatic rings. The normalized spacial score (nSPS) is 23.6. The molecule has 2 aliphatic heterocycles. The summed E-state index contributed by atoms with van der Waals surface area (Å²) >= 11 is 0. The van der Waals surface area contributed by atoms with Crippen molar-refractivity contribution in [1.82, 2.24) is 20.4 Å². The molecule has 1 atom stereocenters. The summed E-state index contributed by atoms with van der Waals surface area (Å²) in [6.07, 6.45) is 3.98. The van der Waals surface area contributed by atoms with Gasteiger partial charge in [0.25, 0.3) is 5.92 Å². The van der Waals surface area contributed by atoms with Gasteiger partial charge < -0.3 is 15.5 Å². The van der Waals surface area contributed by atoms with Crippen molar-refractivity contribution in [2.24, 2.45) is 5.41 Å². The molecule has 4 aliphatic rings. The lowest BCUT2D eigenvalue weighted by molar-refractivity contribution is -0.126. The first-order valence-electron chi connectivity index (χ1n) is 12.7. The number of benzene rings is 1. The van der Waals surface area contributed by atoms with E-state index in [0.29, 0.717) is 31.5 Å². The number of likely N-dealkylation sites (tertiary alicyclic amines) is 2. The molecule has 0 aromatic heterocycles. The first kappa shape index (κ1) is 24.0. The first-order chi connectivity index (χ1) is 16.7. The zero-order valence-corrected chi connectivity index (χ0v) is 19.9. The molecule has 1 aromatic carbocycles. The Morgan fingerprint density at radius 1 is 1.11 bits per heavy atom. The number of carbonyl (C=O) groups is 2. The van der Waals surface area contributed by atoms with E-state index < -0.39 is 42.3 Å². The summed E-state index contributed by atoms with van der Waals surface area (Å²) in [4.78, 5) is 30.1. The Hall–Kier alpha value is -2.73. The Bertz CT molecular complexity index is 987. The molecule has 3 amide bonds. The zero-order valence-electron chi connectivity index (χ0n) is 19.9.